The molecular formula is C20H19NO3. The summed E-state index contributed by atoms with van der Waals surface area (Å²) in [6.07, 6.45) is 6.02. The van der Waals surface area contributed by atoms with Crippen LogP contribution in [0, 0.1) is 0 Å². The van der Waals surface area contributed by atoms with E-state index in [1.807, 2.05) is 32.2 Å². The molecule has 2 heterocycles. The Bertz CT molecular complexity index is 989. The number of ether oxygens (including phenoxy) is 3. The Balaban J connectivity index is 2.05. The summed E-state index contributed by atoms with van der Waals surface area (Å²) in [5.41, 5.74) is 1.58. The highest BCUT2D eigenvalue weighted by Gasteiger charge is 2.24. The van der Waals surface area contributed by atoms with Gasteiger partial charge in [0.05, 0.1) is 14.2 Å². The van der Waals surface area contributed by atoms with Crippen LogP contribution >= 0.6 is 0 Å². The van der Waals surface area contributed by atoms with E-state index in [0.717, 1.165) is 33.0 Å². The van der Waals surface area contributed by atoms with Crippen LogP contribution in [0.5, 0.6) is 17.2 Å². The first-order chi connectivity index (χ1) is 11.5. The molecule has 1 aliphatic rings. The van der Waals surface area contributed by atoms with Gasteiger partial charge in [-0.3, -0.25) is 4.98 Å². The smallest absolute Gasteiger partial charge is 0.161 e. The zero-order valence-corrected chi connectivity index (χ0v) is 14.2. The van der Waals surface area contributed by atoms with Crippen molar-refractivity contribution in [1.82, 2.24) is 4.98 Å². The van der Waals surface area contributed by atoms with Crippen molar-refractivity contribution in [2.45, 2.75) is 19.4 Å². The number of aromatic nitrogens is 1. The van der Waals surface area contributed by atoms with E-state index >= 15 is 0 Å². The van der Waals surface area contributed by atoms with Crippen molar-refractivity contribution in [3.05, 3.63) is 42.1 Å². The number of fused-ring (bicyclic) bond motifs is 5. The van der Waals surface area contributed by atoms with Crippen LogP contribution < -0.4 is 14.2 Å². The molecule has 0 unspecified atom stereocenters. The SMILES string of the molecule is COc1cc2cnc3c4c(ccc3c2cc1OC)C=CC(C)(C)O4. The molecule has 0 N–H and O–H groups in total. The molecule has 4 rings (SSSR count). The zero-order valence-electron chi connectivity index (χ0n) is 14.2. The molecule has 3 aromatic rings. The molecule has 4 nitrogen and oxygen atoms in total. The van der Waals surface area contributed by atoms with E-state index in [2.05, 4.69) is 29.3 Å². The van der Waals surface area contributed by atoms with Gasteiger partial charge in [0.1, 0.15) is 11.1 Å². The van der Waals surface area contributed by atoms with Crippen LogP contribution in [0.25, 0.3) is 27.8 Å². The molecule has 24 heavy (non-hydrogen) atoms. The third kappa shape index (κ3) is 2.18. The molecule has 0 radical (unpaired) electrons. The van der Waals surface area contributed by atoms with Crippen LogP contribution in [-0.4, -0.2) is 24.8 Å². The van der Waals surface area contributed by atoms with Crippen LogP contribution in [0.3, 0.4) is 0 Å². The minimum Gasteiger partial charge on any atom is -0.493 e. The van der Waals surface area contributed by atoms with Gasteiger partial charge in [-0.25, -0.2) is 0 Å². The van der Waals surface area contributed by atoms with Crippen molar-refractivity contribution in [1.29, 1.82) is 0 Å². The van der Waals surface area contributed by atoms with Gasteiger partial charge in [-0.05, 0) is 37.4 Å². The highest BCUT2D eigenvalue weighted by atomic mass is 16.5. The highest BCUT2D eigenvalue weighted by Crippen LogP contribution is 2.40. The lowest BCUT2D eigenvalue weighted by atomic mass is 9.98. The molecule has 1 aliphatic heterocycles. The van der Waals surface area contributed by atoms with Gasteiger partial charge < -0.3 is 14.2 Å². The van der Waals surface area contributed by atoms with Crippen molar-refractivity contribution in [3.63, 3.8) is 0 Å². The van der Waals surface area contributed by atoms with Gasteiger partial charge in [0.2, 0.25) is 0 Å². The summed E-state index contributed by atoms with van der Waals surface area (Å²) in [6.45, 7) is 4.08. The Labute approximate surface area is 140 Å². The Hall–Kier alpha value is -2.75. The second kappa shape index (κ2) is 5.13. The summed E-state index contributed by atoms with van der Waals surface area (Å²) in [4.78, 5) is 4.66. The summed E-state index contributed by atoms with van der Waals surface area (Å²) in [6, 6.07) is 8.10. The molecule has 1 aromatic heterocycles. The van der Waals surface area contributed by atoms with Gasteiger partial charge in [0.15, 0.2) is 17.2 Å². The van der Waals surface area contributed by atoms with Crippen LogP contribution in [0.15, 0.2) is 36.5 Å². The number of rotatable bonds is 2. The Morgan fingerprint density at radius 3 is 2.50 bits per heavy atom. The lowest BCUT2D eigenvalue weighted by Gasteiger charge is -2.28. The van der Waals surface area contributed by atoms with Crippen molar-refractivity contribution < 1.29 is 14.2 Å². The number of pyridine rings is 1. The summed E-state index contributed by atoms with van der Waals surface area (Å²) in [7, 11) is 3.28. The molecule has 2 aromatic carbocycles. The van der Waals surface area contributed by atoms with Gasteiger partial charge in [-0.15, -0.1) is 0 Å². The number of hydrogen-bond donors (Lipinski definition) is 0. The first-order valence-corrected chi connectivity index (χ1v) is 7.88. The number of hydrogen-bond acceptors (Lipinski definition) is 4. The predicted molar refractivity (Wildman–Crippen MR) is 96.1 cm³/mol. The van der Waals surface area contributed by atoms with E-state index in [1.165, 1.54) is 0 Å². The molecule has 0 saturated heterocycles. The van der Waals surface area contributed by atoms with E-state index < -0.39 is 0 Å². The van der Waals surface area contributed by atoms with Gasteiger partial charge in [0.25, 0.3) is 0 Å². The number of nitrogens with zero attached hydrogens (tertiary/aromatic N) is 1. The standard InChI is InChI=1S/C20H19NO3/c1-20(2)8-7-12-5-6-14-15-10-17(23-4)16(22-3)9-13(15)11-21-18(14)19(12)24-20/h5-11H,1-4H3. The highest BCUT2D eigenvalue weighted by molar-refractivity contribution is 6.09. The fourth-order valence-corrected chi connectivity index (χ4v) is 3.13. The molecule has 0 saturated carbocycles. The molecule has 0 bridgehead atoms. The maximum Gasteiger partial charge on any atom is 0.161 e. The van der Waals surface area contributed by atoms with E-state index in [9.17, 15) is 0 Å². The fraction of sp³-hybridized carbons (Fsp3) is 0.250. The first-order valence-electron chi connectivity index (χ1n) is 7.88. The average Bonchev–Trinajstić information content (AvgIpc) is 2.59. The van der Waals surface area contributed by atoms with Crippen molar-refractivity contribution in [2.75, 3.05) is 14.2 Å². The van der Waals surface area contributed by atoms with Gasteiger partial charge in [-0.1, -0.05) is 18.2 Å². The monoisotopic (exact) mass is 321 g/mol. The molecule has 0 atom stereocenters. The van der Waals surface area contributed by atoms with Gasteiger partial charge in [0, 0.05) is 22.5 Å². The third-order valence-electron chi connectivity index (χ3n) is 4.37. The summed E-state index contributed by atoms with van der Waals surface area (Å²) in [5, 5.41) is 3.11. The largest absolute Gasteiger partial charge is 0.493 e. The van der Waals surface area contributed by atoms with Crippen molar-refractivity contribution in [2.24, 2.45) is 0 Å². The predicted octanol–water partition coefficient (Wildman–Crippen LogP) is 4.59. The van der Waals surface area contributed by atoms with Gasteiger partial charge in [-0.2, -0.15) is 0 Å². The zero-order chi connectivity index (χ0) is 16.9. The summed E-state index contributed by atoms with van der Waals surface area (Å²) < 4.78 is 17.0. The van der Waals surface area contributed by atoms with Crippen molar-refractivity contribution >= 4 is 27.8 Å². The van der Waals surface area contributed by atoms with Crippen LogP contribution in [0.2, 0.25) is 0 Å². The Kier molecular flexibility index (Phi) is 3.17. The van der Waals surface area contributed by atoms with E-state index in [4.69, 9.17) is 14.2 Å². The molecular weight excluding hydrogens is 302 g/mol. The topological polar surface area (TPSA) is 40.6 Å². The van der Waals surface area contributed by atoms with E-state index in [-0.39, 0.29) is 5.60 Å². The molecule has 0 aliphatic carbocycles. The lowest BCUT2D eigenvalue weighted by molar-refractivity contribution is 0.161. The van der Waals surface area contributed by atoms with Crippen LogP contribution in [-0.2, 0) is 0 Å². The minimum absolute atomic E-state index is 0.338. The van der Waals surface area contributed by atoms with E-state index in [0.29, 0.717) is 11.5 Å². The maximum absolute atomic E-state index is 6.18. The quantitative estimate of drug-likeness (QED) is 0.647. The fourth-order valence-electron chi connectivity index (χ4n) is 3.13. The van der Waals surface area contributed by atoms with Crippen LogP contribution in [0.4, 0.5) is 0 Å². The van der Waals surface area contributed by atoms with Crippen molar-refractivity contribution in [3.8, 4) is 17.2 Å². The lowest BCUT2D eigenvalue weighted by Crippen LogP contribution is -2.27. The number of methoxy groups -OCH3 is 2. The molecule has 0 amide bonds. The Morgan fingerprint density at radius 2 is 1.75 bits per heavy atom. The van der Waals surface area contributed by atoms with Gasteiger partial charge >= 0.3 is 0 Å². The third-order valence-corrected chi connectivity index (χ3v) is 4.37. The average molecular weight is 321 g/mol. The number of benzene rings is 2. The second-order valence-electron chi connectivity index (χ2n) is 6.47. The maximum atomic E-state index is 6.18. The second-order valence-corrected chi connectivity index (χ2v) is 6.47. The molecule has 0 fully saturated rings. The normalized spacial score (nSPS) is 15.2. The molecule has 0 spiro atoms. The first kappa shape index (κ1) is 14.8. The van der Waals surface area contributed by atoms with E-state index in [1.54, 1.807) is 14.2 Å². The summed E-state index contributed by atoms with van der Waals surface area (Å²) in [5.74, 6) is 2.23. The minimum atomic E-state index is -0.338. The Morgan fingerprint density at radius 1 is 1.00 bits per heavy atom. The molecule has 122 valence electrons. The molecule has 4 heteroatoms. The van der Waals surface area contributed by atoms with Crippen LogP contribution in [0.1, 0.15) is 19.4 Å². The summed E-state index contributed by atoms with van der Waals surface area (Å²) >= 11 is 0.